The molecule has 36 heavy (non-hydrogen) atoms. The van der Waals surface area contributed by atoms with E-state index < -0.39 is 18.1 Å². The maximum Gasteiger partial charge on any atom is 0.490 e. The first-order valence-corrected chi connectivity index (χ1v) is 13.4. The van der Waals surface area contributed by atoms with Crippen molar-refractivity contribution in [3.8, 4) is 0 Å². The Morgan fingerprint density at radius 3 is 2.36 bits per heavy atom. The number of benzene rings is 1. The molecule has 2 fully saturated rings. The summed E-state index contributed by atoms with van der Waals surface area (Å²) in [6, 6.07) is 9.58. The zero-order valence-corrected chi connectivity index (χ0v) is 20.8. The van der Waals surface area contributed by atoms with Crippen LogP contribution in [0, 0.1) is 11.3 Å². The molecule has 0 radical (unpaired) electrons. The fourth-order valence-corrected chi connectivity index (χ4v) is 5.50. The number of rotatable bonds is 10. The third kappa shape index (κ3) is 9.80. The van der Waals surface area contributed by atoms with Crippen LogP contribution in [0.1, 0.15) is 24.8 Å². The second kappa shape index (κ2) is 13.6. The molecule has 2 atom stereocenters. The molecule has 1 aliphatic carbocycles. The minimum atomic E-state index is -5.08. The predicted octanol–water partition coefficient (Wildman–Crippen LogP) is 3.64. The fraction of sp³-hybridized carbons (Fsp3) is 0.545. The molecular formula is C22H27F3N2O7S2. The summed E-state index contributed by atoms with van der Waals surface area (Å²) < 4.78 is 37.1. The summed E-state index contributed by atoms with van der Waals surface area (Å²) in [4.78, 5) is 45.8. The van der Waals surface area contributed by atoms with E-state index in [1.54, 1.807) is 15.7 Å². The number of likely N-dealkylation sites (tertiary alicyclic amines) is 1. The molecule has 14 heteroatoms. The molecule has 9 nitrogen and oxygen atoms in total. The number of carboxylic acid groups (broad SMARTS) is 2. The third-order valence-electron chi connectivity index (χ3n) is 5.56. The molecule has 2 aliphatic rings. The quantitative estimate of drug-likeness (QED) is 0.294. The molecule has 2 amide bonds. The number of aliphatic carboxylic acids is 2. The van der Waals surface area contributed by atoms with Gasteiger partial charge in [0.1, 0.15) is 6.61 Å². The summed E-state index contributed by atoms with van der Waals surface area (Å²) in [5.74, 6) is -2.21. The van der Waals surface area contributed by atoms with Crippen LogP contribution < -0.4 is 5.32 Å². The van der Waals surface area contributed by atoms with Crippen molar-refractivity contribution in [2.24, 2.45) is 11.3 Å². The molecule has 1 aromatic rings. The molecule has 2 unspecified atom stereocenters. The third-order valence-corrected chi connectivity index (χ3v) is 7.97. The summed E-state index contributed by atoms with van der Waals surface area (Å²) in [6.07, 6.45) is -3.59. The van der Waals surface area contributed by atoms with Crippen LogP contribution in [0.5, 0.6) is 0 Å². The van der Waals surface area contributed by atoms with Crippen LogP contribution in [0.15, 0.2) is 30.3 Å². The van der Waals surface area contributed by atoms with Gasteiger partial charge in [-0.2, -0.15) is 13.2 Å². The molecule has 1 saturated carbocycles. The number of alkyl halides is 3. The van der Waals surface area contributed by atoms with Crippen LogP contribution in [0.25, 0.3) is 0 Å². The SMILES string of the molecule is O=C(O)C(F)(F)F.O=C(O)CCSSCCNC(=O)C1CC12CCN(C(=O)OCc1ccccc1)C2. The first-order valence-electron chi connectivity index (χ1n) is 10.9. The van der Waals surface area contributed by atoms with Gasteiger partial charge in [-0.25, -0.2) is 9.59 Å². The Kier molecular flexibility index (Phi) is 11.2. The van der Waals surface area contributed by atoms with Crippen LogP contribution in [0.2, 0.25) is 0 Å². The lowest BCUT2D eigenvalue weighted by Gasteiger charge is -2.16. The molecule has 200 valence electrons. The van der Waals surface area contributed by atoms with E-state index in [9.17, 15) is 27.6 Å². The van der Waals surface area contributed by atoms with Crippen LogP contribution >= 0.6 is 21.6 Å². The molecular weight excluding hydrogens is 525 g/mol. The Morgan fingerprint density at radius 1 is 1.11 bits per heavy atom. The topological polar surface area (TPSA) is 133 Å². The molecule has 1 heterocycles. The molecule has 3 rings (SSSR count). The normalized spacial score (nSPS) is 20.3. The number of hydrogen-bond acceptors (Lipinski definition) is 7. The Hall–Kier alpha value is -2.61. The lowest BCUT2D eigenvalue weighted by molar-refractivity contribution is -0.192. The van der Waals surface area contributed by atoms with Crippen molar-refractivity contribution >= 4 is 45.5 Å². The van der Waals surface area contributed by atoms with E-state index in [4.69, 9.17) is 19.7 Å². The summed E-state index contributed by atoms with van der Waals surface area (Å²) in [5.41, 5.74) is 0.872. The van der Waals surface area contributed by atoms with E-state index in [1.807, 2.05) is 30.3 Å². The Morgan fingerprint density at radius 2 is 1.75 bits per heavy atom. The second-order valence-corrected chi connectivity index (χ2v) is 10.9. The van der Waals surface area contributed by atoms with Gasteiger partial charge in [-0.1, -0.05) is 51.9 Å². The average molecular weight is 553 g/mol. The number of carbonyl (C=O) groups excluding carboxylic acids is 2. The van der Waals surface area contributed by atoms with Gasteiger partial charge in [0, 0.05) is 42.5 Å². The van der Waals surface area contributed by atoms with Crippen molar-refractivity contribution in [1.29, 1.82) is 0 Å². The van der Waals surface area contributed by atoms with Crippen LogP contribution in [-0.4, -0.2) is 76.4 Å². The first-order chi connectivity index (χ1) is 16.9. The molecule has 3 N–H and O–H groups in total. The van der Waals surface area contributed by atoms with E-state index in [1.165, 1.54) is 10.8 Å². The van der Waals surface area contributed by atoms with E-state index in [0.717, 1.165) is 24.2 Å². The average Bonchev–Trinajstić information content (AvgIpc) is 3.36. The molecule has 1 spiro atoms. The molecule has 1 saturated heterocycles. The first kappa shape index (κ1) is 29.6. The molecule has 0 aromatic heterocycles. The second-order valence-electron chi connectivity index (χ2n) is 8.21. The van der Waals surface area contributed by atoms with Crippen LogP contribution in [-0.2, 0) is 25.7 Å². The molecule has 0 bridgehead atoms. The number of halogens is 3. The minimum absolute atomic E-state index is 0.0286. The van der Waals surface area contributed by atoms with Crippen molar-refractivity contribution in [3.63, 3.8) is 0 Å². The van der Waals surface area contributed by atoms with Gasteiger partial charge in [-0.05, 0) is 18.4 Å². The highest BCUT2D eigenvalue weighted by molar-refractivity contribution is 8.76. The smallest absolute Gasteiger partial charge is 0.481 e. The van der Waals surface area contributed by atoms with Gasteiger partial charge in [0.05, 0.1) is 6.42 Å². The fourth-order valence-electron chi connectivity index (χ4n) is 3.62. The summed E-state index contributed by atoms with van der Waals surface area (Å²) in [6.45, 7) is 2.04. The summed E-state index contributed by atoms with van der Waals surface area (Å²) in [7, 11) is 3.08. The minimum Gasteiger partial charge on any atom is -0.481 e. The Balaban J connectivity index is 0.000000572. The zero-order chi connectivity index (χ0) is 26.8. The number of ether oxygens (including phenoxy) is 1. The van der Waals surface area contributed by atoms with E-state index in [2.05, 4.69) is 5.32 Å². The highest BCUT2D eigenvalue weighted by atomic mass is 33.1. The standard InChI is InChI=1S/C20H26N2O5S2.C2HF3O2/c23-17(24)6-10-28-29-11-8-21-18(25)16-12-20(16)7-9-22(14-20)19(26)27-13-15-4-2-1-3-5-15;3-2(4,5)1(6)7/h1-5,16H,6-14H2,(H,21,25)(H,23,24);(H,6,7). The van der Waals surface area contributed by atoms with E-state index >= 15 is 0 Å². The van der Waals surface area contributed by atoms with Gasteiger partial charge >= 0.3 is 24.2 Å². The van der Waals surface area contributed by atoms with Crippen LogP contribution in [0.3, 0.4) is 0 Å². The lowest BCUT2D eigenvalue weighted by Crippen LogP contribution is -2.32. The lowest BCUT2D eigenvalue weighted by atomic mass is 10.0. The monoisotopic (exact) mass is 552 g/mol. The number of amides is 2. The highest BCUT2D eigenvalue weighted by Crippen LogP contribution is 2.58. The number of carbonyl (C=O) groups is 4. The van der Waals surface area contributed by atoms with Gasteiger partial charge in [-0.15, -0.1) is 0 Å². The molecule has 1 aliphatic heterocycles. The van der Waals surface area contributed by atoms with Crippen LogP contribution in [0.4, 0.5) is 18.0 Å². The highest BCUT2D eigenvalue weighted by Gasteiger charge is 2.61. The predicted molar refractivity (Wildman–Crippen MR) is 127 cm³/mol. The Bertz CT molecular complexity index is 921. The van der Waals surface area contributed by atoms with Gasteiger partial charge < -0.3 is 25.2 Å². The summed E-state index contributed by atoms with van der Waals surface area (Å²) in [5, 5.41) is 18.7. The number of nitrogens with zero attached hydrogens (tertiary/aromatic N) is 1. The zero-order valence-electron chi connectivity index (χ0n) is 19.2. The van der Waals surface area contributed by atoms with Crippen molar-refractivity contribution < 1.29 is 47.3 Å². The number of hydrogen-bond donors (Lipinski definition) is 3. The van der Waals surface area contributed by atoms with Crippen molar-refractivity contribution in [2.75, 3.05) is 31.1 Å². The van der Waals surface area contributed by atoms with Crippen molar-refractivity contribution in [2.45, 2.75) is 32.0 Å². The van der Waals surface area contributed by atoms with Gasteiger partial charge in [0.15, 0.2) is 0 Å². The van der Waals surface area contributed by atoms with Gasteiger partial charge in [0.25, 0.3) is 0 Å². The maximum atomic E-state index is 12.4. The van der Waals surface area contributed by atoms with Gasteiger partial charge in [-0.3, -0.25) is 9.59 Å². The van der Waals surface area contributed by atoms with Crippen molar-refractivity contribution in [1.82, 2.24) is 10.2 Å². The largest absolute Gasteiger partial charge is 0.490 e. The van der Waals surface area contributed by atoms with E-state index in [0.29, 0.717) is 25.4 Å². The van der Waals surface area contributed by atoms with Gasteiger partial charge in [0.2, 0.25) is 5.91 Å². The van der Waals surface area contributed by atoms with E-state index in [-0.39, 0.29) is 36.4 Å². The van der Waals surface area contributed by atoms with Crippen molar-refractivity contribution in [3.05, 3.63) is 35.9 Å². The number of carboxylic acids is 2. The summed E-state index contributed by atoms with van der Waals surface area (Å²) >= 11 is 0. The molecule has 1 aromatic carbocycles. The Labute approximate surface area is 213 Å². The maximum absolute atomic E-state index is 12.4. The number of nitrogens with one attached hydrogen (secondary N) is 1.